The fraction of sp³-hybridized carbons (Fsp3) is 0.188. The normalized spacial score (nSPS) is 10.9. The summed E-state index contributed by atoms with van der Waals surface area (Å²) in [7, 11) is 2.03. The summed E-state index contributed by atoms with van der Waals surface area (Å²) in [6.45, 7) is 2.91. The molecule has 0 saturated carbocycles. The van der Waals surface area contributed by atoms with Gasteiger partial charge >= 0.3 is 0 Å². The summed E-state index contributed by atoms with van der Waals surface area (Å²) in [6.07, 6.45) is 0. The van der Waals surface area contributed by atoms with Gasteiger partial charge in [0.1, 0.15) is 0 Å². The van der Waals surface area contributed by atoms with Crippen LogP contribution in [-0.4, -0.2) is 17.0 Å². The van der Waals surface area contributed by atoms with Crippen molar-refractivity contribution in [3.05, 3.63) is 53.6 Å². The van der Waals surface area contributed by atoms with Gasteiger partial charge in [-0.25, -0.2) is 4.98 Å². The molecule has 2 aromatic carbocycles. The van der Waals surface area contributed by atoms with Crippen LogP contribution in [0.15, 0.2) is 42.5 Å². The van der Waals surface area contributed by atoms with E-state index in [0.717, 1.165) is 29.2 Å². The monoisotopic (exact) mass is 266 g/mol. The van der Waals surface area contributed by atoms with Crippen molar-refractivity contribution in [2.45, 2.75) is 13.5 Å². The molecule has 0 aliphatic carbocycles. The summed E-state index contributed by atoms with van der Waals surface area (Å²) in [4.78, 5) is 9.98. The molecular weight excluding hydrogens is 248 g/mol. The van der Waals surface area contributed by atoms with Crippen LogP contribution in [0.5, 0.6) is 0 Å². The van der Waals surface area contributed by atoms with Gasteiger partial charge in [-0.3, -0.25) is 0 Å². The lowest BCUT2D eigenvalue weighted by molar-refractivity contribution is 0.884. The van der Waals surface area contributed by atoms with Gasteiger partial charge in [0.25, 0.3) is 0 Å². The number of fused-ring (bicyclic) bond motifs is 1. The predicted molar refractivity (Wildman–Crippen MR) is 83.8 cm³/mol. The van der Waals surface area contributed by atoms with Crippen molar-refractivity contribution >= 4 is 22.7 Å². The lowest BCUT2D eigenvalue weighted by Crippen LogP contribution is -2.17. The second-order valence-corrected chi connectivity index (χ2v) is 5.18. The highest BCUT2D eigenvalue weighted by Gasteiger charge is 2.08. The number of H-pyrrole nitrogens is 1. The Morgan fingerprint density at radius 1 is 1.15 bits per heavy atom. The molecule has 102 valence electrons. The number of aromatic amines is 1. The molecule has 1 heterocycles. The van der Waals surface area contributed by atoms with E-state index < -0.39 is 0 Å². The van der Waals surface area contributed by atoms with Gasteiger partial charge in [-0.2, -0.15) is 0 Å². The third-order valence-electron chi connectivity index (χ3n) is 3.40. The molecule has 0 spiro atoms. The van der Waals surface area contributed by atoms with Gasteiger partial charge in [-0.1, -0.05) is 29.8 Å². The third-order valence-corrected chi connectivity index (χ3v) is 3.40. The number of nitrogens with one attached hydrogen (secondary N) is 1. The lowest BCUT2D eigenvalue weighted by atomic mass is 10.1. The molecule has 0 amide bonds. The van der Waals surface area contributed by atoms with E-state index in [4.69, 9.17) is 5.73 Å². The van der Waals surface area contributed by atoms with Crippen molar-refractivity contribution in [2.75, 3.05) is 17.7 Å². The van der Waals surface area contributed by atoms with E-state index in [1.807, 2.05) is 25.2 Å². The Bertz CT molecular complexity index is 728. The van der Waals surface area contributed by atoms with Crippen molar-refractivity contribution < 1.29 is 0 Å². The first-order valence-electron chi connectivity index (χ1n) is 6.64. The number of aromatic nitrogens is 2. The molecule has 0 radical (unpaired) electrons. The average molecular weight is 266 g/mol. The van der Waals surface area contributed by atoms with Gasteiger partial charge in [0.05, 0.1) is 11.0 Å². The molecule has 4 nitrogen and oxygen atoms in total. The largest absolute Gasteiger partial charge is 0.399 e. The van der Waals surface area contributed by atoms with Crippen LogP contribution < -0.4 is 10.6 Å². The van der Waals surface area contributed by atoms with E-state index in [1.54, 1.807) is 0 Å². The van der Waals surface area contributed by atoms with Crippen LogP contribution in [0, 0.1) is 6.92 Å². The Morgan fingerprint density at radius 2 is 1.90 bits per heavy atom. The number of hydrogen-bond acceptors (Lipinski definition) is 3. The second-order valence-electron chi connectivity index (χ2n) is 5.18. The van der Waals surface area contributed by atoms with Crippen LogP contribution in [0.2, 0.25) is 0 Å². The highest BCUT2D eigenvalue weighted by atomic mass is 15.2. The van der Waals surface area contributed by atoms with Crippen molar-refractivity contribution in [2.24, 2.45) is 0 Å². The highest BCUT2D eigenvalue weighted by molar-refractivity contribution is 5.80. The van der Waals surface area contributed by atoms with Gasteiger partial charge < -0.3 is 15.6 Å². The summed E-state index contributed by atoms with van der Waals surface area (Å²) in [5.74, 6) is 0.853. The van der Waals surface area contributed by atoms with Crippen molar-refractivity contribution in [1.29, 1.82) is 0 Å². The van der Waals surface area contributed by atoms with Crippen LogP contribution in [0.1, 0.15) is 11.1 Å². The fourth-order valence-corrected chi connectivity index (χ4v) is 2.24. The molecule has 0 bridgehead atoms. The summed E-state index contributed by atoms with van der Waals surface area (Å²) in [5, 5.41) is 0. The van der Waals surface area contributed by atoms with Crippen LogP contribution >= 0.6 is 0 Å². The van der Waals surface area contributed by atoms with Crippen molar-refractivity contribution in [3.63, 3.8) is 0 Å². The maximum Gasteiger partial charge on any atom is 0.203 e. The summed E-state index contributed by atoms with van der Waals surface area (Å²) >= 11 is 0. The van der Waals surface area contributed by atoms with E-state index in [2.05, 4.69) is 46.1 Å². The first-order chi connectivity index (χ1) is 9.61. The number of benzene rings is 2. The van der Waals surface area contributed by atoms with Crippen LogP contribution in [0.25, 0.3) is 11.0 Å². The number of nitrogens with two attached hydrogens (primary N) is 1. The van der Waals surface area contributed by atoms with Crippen LogP contribution in [0.3, 0.4) is 0 Å². The molecule has 0 aliphatic heterocycles. The average Bonchev–Trinajstić information content (AvgIpc) is 2.84. The van der Waals surface area contributed by atoms with Gasteiger partial charge in [-0.05, 0) is 30.7 Å². The number of rotatable bonds is 3. The smallest absolute Gasteiger partial charge is 0.203 e. The van der Waals surface area contributed by atoms with Gasteiger partial charge in [0.2, 0.25) is 5.95 Å². The summed E-state index contributed by atoms with van der Waals surface area (Å²) < 4.78 is 0. The zero-order valence-corrected chi connectivity index (χ0v) is 11.7. The molecule has 4 heteroatoms. The Morgan fingerprint density at radius 3 is 2.65 bits per heavy atom. The summed E-state index contributed by atoms with van der Waals surface area (Å²) in [5.41, 5.74) is 11.0. The summed E-state index contributed by atoms with van der Waals surface area (Å²) in [6, 6.07) is 14.3. The maximum atomic E-state index is 5.79. The molecule has 1 aromatic heterocycles. The molecule has 0 atom stereocenters. The molecule has 20 heavy (non-hydrogen) atoms. The first kappa shape index (κ1) is 12.5. The van der Waals surface area contributed by atoms with Crippen LogP contribution in [0.4, 0.5) is 11.6 Å². The SMILES string of the molecule is Cc1ccc(CN(C)c2nc3ccc(N)cc3[nH]2)cc1. The Hall–Kier alpha value is -2.49. The zero-order chi connectivity index (χ0) is 14.1. The molecule has 3 rings (SSSR count). The fourth-order valence-electron chi connectivity index (χ4n) is 2.24. The quantitative estimate of drug-likeness (QED) is 0.716. The Kier molecular flexibility index (Phi) is 3.06. The van der Waals surface area contributed by atoms with E-state index in [-0.39, 0.29) is 0 Å². The number of imidazole rings is 1. The maximum absolute atomic E-state index is 5.79. The molecule has 3 N–H and O–H groups in total. The number of nitrogens with zero attached hydrogens (tertiary/aromatic N) is 2. The Labute approximate surface area is 118 Å². The molecule has 3 aromatic rings. The number of aryl methyl sites for hydroxylation is 1. The third kappa shape index (κ3) is 2.45. The van der Waals surface area contributed by atoms with E-state index in [0.29, 0.717) is 0 Å². The van der Waals surface area contributed by atoms with Crippen LogP contribution in [-0.2, 0) is 6.54 Å². The van der Waals surface area contributed by atoms with Crippen molar-refractivity contribution in [3.8, 4) is 0 Å². The molecule has 0 unspecified atom stereocenters. The second kappa shape index (κ2) is 4.89. The first-order valence-corrected chi connectivity index (χ1v) is 6.64. The topological polar surface area (TPSA) is 57.9 Å². The van der Waals surface area contributed by atoms with Gasteiger partial charge in [-0.15, -0.1) is 0 Å². The van der Waals surface area contributed by atoms with Crippen molar-refractivity contribution in [1.82, 2.24) is 9.97 Å². The van der Waals surface area contributed by atoms with E-state index >= 15 is 0 Å². The lowest BCUT2D eigenvalue weighted by Gasteiger charge is -2.15. The minimum Gasteiger partial charge on any atom is -0.399 e. The highest BCUT2D eigenvalue weighted by Crippen LogP contribution is 2.20. The zero-order valence-electron chi connectivity index (χ0n) is 11.7. The molecule has 0 aliphatic rings. The molecule has 0 fully saturated rings. The Balaban J connectivity index is 1.84. The number of nitrogen functional groups attached to an aromatic ring is 1. The predicted octanol–water partition coefficient (Wildman–Crippen LogP) is 3.09. The number of anilines is 2. The van der Waals surface area contributed by atoms with Gasteiger partial charge in [0, 0.05) is 19.3 Å². The number of hydrogen-bond donors (Lipinski definition) is 2. The molecule has 0 saturated heterocycles. The van der Waals surface area contributed by atoms with E-state index in [1.165, 1.54) is 11.1 Å². The minimum absolute atomic E-state index is 0.744. The minimum atomic E-state index is 0.744. The van der Waals surface area contributed by atoms with Gasteiger partial charge in [0.15, 0.2) is 0 Å². The standard InChI is InChI=1S/C16H18N4/c1-11-3-5-12(6-4-11)10-20(2)16-18-14-8-7-13(17)9-15(14)19-16/h3-9H,10,17H2,1-2H3,(H,18,19). The van der Waals surface area contributed by atoms with E-state index in [9.17, 15) is 0 Å². The molecular formula is C16H18N4.